The van der Waals surface area contributed by atoms with Gasteiger partial charge in [-0.1, -0.05) is 79.7 Å². The molecule has 2 atom stereocenters. The molecular formula is C22H20. The molecule has 0 fully saturated rings. The minimum atomic E-state index is 0.482. The van der Waals surface area contributed by atoms with Gasteiger partial charge in [0.15, 0.2) is 0 Å². The van der Waals surface area contributed by atoms with Crippen LogP contribution in [-0.4, -0.2) is 0 Å². The predicted molar refractivity (Wildman–Crippen MR) is 94.5 cm³/mol. The zero-order valence-electron chi connectivity index (χ0n) is 13.1. The van der Waals surface area contributed by atoms with Crippen LogP contribution in [0.2, 0.25) is 0 Å². The van der Waals surface area contributed by atoms with Crippen LogP contribution < -0.4 is 0 Å². The molecule has 0 nitrogen and oxygen atoms in total. The molecular weight excluding hydrogens is 264 g/mol. The van der Waals surface area contributed by atoms with Crippen molar-refractivity contribution in [2.24, 2.45) is 5.92 Å². The maximum Gasteiger partial charge on any atom is 0.00963 e. The Labute approximate surface area is 132 Å². The standard InChI is InChI=1S/C22H20/c1-15-18-11-6-7-12-19(18)16(2)22-20(15)13-8-14-21(22)17-9-4-3-5-10-17/h3-15,20H,1-2H3. The molecule has 0 heteroatoms. The van der Waals surface area contributed by atoms with Gasteiger partial charge in [0.05, 0.1) is 0 Å². The molecule has 22 heavy (non-hydrogen) atoms. The Morgan fingerprint density at radius 2 is 1.59 bits per heavy atom. The molecule has 0 saturated carbocycles. The Bertz CT molecular complexity index is 803. The van der Waals surface area contributed by atoms with E-state index in [2.05, 4.69) is 86.7 Å². The second kappa shape index (κ2) is 5.14. The van der Waals surface area contributed by atoms with Crippen LogP contribution in [0, 0.1) is 5.92 Å². The first-order valence-electron chi connectivity index (χ1n) is 8.01. The maximum atomic E-state index is 2.37. The molecule has 2 aliphatic rings. The van der Waals surface area contributed by atoms with Crippen LogP contribution in [0.3, 0.4) is 0 Å². The van der Waals surface area contributed by atoms with Crippen molar-refractivity contribution in [3.63, 3.8) is 0 Å². The highest BCUT2D eigenvalue weighted by molar-refractivity contribution is 5.93. The Kier molecular flexibility index (Phi) is 3.11. The summed E-state index contributed by atoms with van der Waals surface area (Å²) >= 11 is 0. The Hall–Kier alpha value is -2.34. The molecule has 0 N–H and O–H groups in total. The predicted octanol–water partition coefficient (Wildman–Crippen LogP) is 5.85. The topological polar surface area (TPSA) is 0 Å². The smallest absolute Gasteiger partial charge is 0.00963 e. The van der Waals surface area contributed by atoms with Gasteiger partial charge >= 0.3 is 0 Å². The molecule has 0 aliphatic heterocycles. The van der Waals surface area contributed by atoms with Crippen molar-refractivity contribution in [3.8, 4) is 0 Å². The second-order valence-corrected chi connectivity index (χ2v) is 6.27. The summed E-state index contributed by atoms with van der Waals surface area (Å²) in [5, 5.41) is 0. The molecule has 0 radical (unpaired) electrons. The normalized spacial score (nSPS) is 22.9. The first-order chi connectivity index (χ1) is 10.8. The highest BCUT2D eigenvalue weighted by Crippen LogP contribution is 2.49. The van der Waals surface area contributed by atoms with Gasteiger partial charge in [0.1, 0.15) is 0 Å². The van der Waals surface area contributed by atoms with Gasteiger partial charge in [0.2, 0.25) is 0 Å². The molecule has 2 aromatic carbocycles. The van der Waals surface area contributed by atoms with E-state index in [1.165, 1.54) is 33.4 Å². The van der Waals surface area contributed by atoms with Gasteiger partial charge in [-0.25, -0.2) is 0 Å². The Morgan fingerprint density at radius 3 is 2.41 bits per heavy atom. The van der Waals surface area contributed by atoms with Crippen LogP contribution in [0.5, 0.6) is 0 Å². The lowest BCUT2D eigenvalue weighted by Crippen LogP contribution is -2.20. The zero-order valence-corrected chi connectivity index (χ0v) is 13.1. The van der Waals surface area contributed by atoms with Crippen molar-refractivity contribution in [1.29, 1.82) is 0 Å². The van der Waals surface area contributed by atoms with E-state index < -0.39 is 0 Å². The van der Waals surface area contributed by atoms with Crippen LogP contribution in [-0.2, 0) is 0 Å². The van der Waals surface area contributed by atoms with E-state index >= 15 is 0 Å². The molecule has 2 aliphatic carbocycles. The molecule has 108 valence electrons. The minimum absolute atomic E-state index is 0.482. The van der Waals surface area contributed by atoms with E-state index in [1.807, 2.05) is 0 Å². The van der Waals surface area contributed by atoms with Crippen LogP contribution in [0.15, 0.2) is 78.4 Å². The second-order valence-electron chi connectivity index (χ2n) is 6.27. The number of fused-ring (bicyclic) bond motifs is 2. The zero-order chi connectivity index (χ0) is 15.1. The Balaban J connectivity index is 1.95. The molecule has 4 rings (SSSR count). The van der Waals surface area contributed by atoms with E-state index in [0.717, 1.165) is 0 Å². The summed E-state index contributed by atoms with van der Waals surface area (Å²) in [5.41, 5.74) is 8.52. The maximum absolute atomic E-state index is 2.37. The fraction of sp³-hybridized carbons (Fsp3) is 0.182. The molecule has 0 bridgehead atoms. The molecule has 0 amide bonds. The van der Waals surface area contributed by atoms with E-state index in [-0.39, 0.29) is 0 Å². The monoisotopic (exact) mass is 284 g/mol. The van der Waals surface area contributed by atoms with Crippen LogP contribution in [0.1, 0.15) is 36.5 Å². The number of allylic oxidation sites excluding steroid dienone is 6. The fourth-order valence-electron chi connectivity index (χ4n) is 3.95. The largest absolute Gasteiger partial charge is 0.0764 e. The SMILES string of the molecule is CC1=C2C(c3ccccc3)=CC=CC2C(C)c2ccccc21. The van der Waals surface area contributed by atoms with Gasteiger partial charge in [-0.15, -0.1) is 0 Å². The van der Waals surface area contributed by atoms with Crippen LogP contribution in [0.4, 0.5) is 0 Å². The molecule has 0 heterocycles. The van der Waals surface area contributed by atoms with Gasteiger partial charge in [-0.2, -0.15) is 0 Å². The summed E-state index contributed by atoms with van der Waals surface area (Å²) in [4.78, 5) is 0. The van der Waals surface area contributed by atoms with Crippen LogP contribution in [0.25, 0.3) is 11.1 Å². The average molecular weight is 284 g/mol. The molecule has 0 aromatic heterocycles. The first-order valence-corrected chi connectivity index (χ1v) is 8.01. The lowest BCUT2D eigenvalue weighted by atomic mass is 9.68. The van der Waals surface area contributed by atoms with Crippen molar-refractivity contribution < 1.29 is 0 Å². The number of rotatable bonds is 1. The van der Waals surface area contributed by atoms with Crippen LogP contribution >= 0.6 is 0 Å². The van der Waals surface area contributed by atoms with E-state index in [0.29, 0.717) is 11.8 Å². The van der Waals surface area contributed by atoms with Crippen molar-refractivity contribution in [2.75, 3.05) is 0 Å². The highest BCUT2D eigenvalue weighted by atomic mass is 14.4. The van der Waals surface area contributed by atoms with Gasteiger partial charge < -0.3 is 0 Å². The van der Waals surface area contributed by atoms with Gasteiger partial charge in [0.25, 0.3) is 0 Å². The quantitative estimate of drug-likeness (QED) is 0.616. The fourth-order valence-corrected chi connectivity index (χ4v) is 3.95. The summed E-state index contributed by atoms with van der Waals surface area (Å²) in [7, 11) is 0. The first kappa shape index (κ1) is 13.3. The summed E-state index contributed by atoms with van der Waals surface area (Å²) in [6, 6.07) is 19.6. The minimum Gasteiger partial charge on any atom is -0.0764 e. The number of benzene rings is 2. The van der Waals surface area contributed by atoms with Crippen molar-refractivity contribution in [3.05, 3.63) is 95.1 Å². The third-order valence-electron chi connectivity index (χ3n) is 5.09. The highest BCUT2D eigenvalue weighted by Gasteiger charge is 2.32. The van der Waals surface area contributed by atoms with Gasteiger partial charge in [-0.05, 0) is 46.3 Å². The summed E-state index contributed by atoms with van der Waals surface area (Å²) in [5.74, 6) is 1.01. The summed E-state index contributed by atoms with van der Waals surface area (Å²) in [6.07, 6.45) is 6.87. The molecule has 2 unspecified atom stereocenters. The summed E-state index contributed by atoms with van der Waals surface area (Å²) in [6.45, 7) is 4.64. The number of hydrogen-bond donors (Lipinski definition) is 0. The lowest BCUT2D eigenvalue weighted by Gasteiger charge is -2.36. The molecule has 2 aromatic rings. The Morgan fingerprint density at radius 1 is 0.864 bits per heavy atom. The van der Waals surface area contributed by atoms with E-state index in [4.69, 9.17) is 0 Å². The third kappa shape index (κ3) is 1.91. The van der Waals surface area contributed by atoms with Crippen molar-refractivity contribution in [1.82, 2.24) is 0 Å². The van der Waals surface area contributed by atoms with Gasteiger partial charge in [-0.3, -0.25) is 0 Å². The van der Waals surface area contributed by atoms with Crippen molar-refractivity contribution in [2.45, 2.75) is 19.8 Å². The lowest BCUT2D eigenvalue weighted by molar-refractivity contribution is 0.616. The average Bonchev–Trinajstić information content (AvgIpc) is 2.60. The molecule has 0 saturated heterocycles. The van der Waals surface area contributed by atoms with E-state index in [9.17, 15) is 0 Å². The van der Waals surface area contributed by atoms with E-state index in [1.54, 1.807) is 0 Å². The summed E-state index contributed by atoms with van der Waals surface area (Å²) < 4.78 is 0. The molecule has 0 spiro atoms. The third-order valence-corrected chi connectivity index (χ3v) is 5.09. The number of hydrogen-bond acceptors (Lipinski definition) is 0. The van der Waals surface area contributed by atoms with Gasteiger partial charge in [0, 0.05) is 5.92 Å². The van der Waals surface area contributed by atoms with Crippen molar-refractivity contribution >= 4 is 11.1 Å².